The van der Waals surface area contributed by atoms with Crippen molar-refractivity contribution in [3.05, 3.63) is 58.6 Å². The third-order valence-corrected chi connectivity index (χ3v) is 7.24. The Balaban J connectivity index is 1.24. The average molecular weight is 542 g/mol. The molecule has 2 bridgehead atoms. The van der Waals surface area contributed by atoms with Crippen molar-refractivity contribution in [1.82, 2.24) is 5.32 Å². The van der Waals surface area contributed by atoms with E-state index in [-0.39, 0.29) is 23.7 Å². The van der Waals surface area contributed by atoms with Gasteiger partial charge in [-0.3, -0.25) is 9.59 Å². The van der Waals surface area contributed by atoms with Crippen molar-refractivity contribution < 1.29 is 19.1 Å². The van der Waals surface area contributed by atoms with Crippen LogP contribution < -0.4 is 16.0 Å². The smallest absolute Gasteiger partial charge is 0.407 e. The Labute approximate surface area is 214 Å². The number of hydrogen-bond donors (Lipinski definition) is 3. The molecule has 0 spiro atoms. The molecule has 3 saturated carbocycles. The van der Waals surface area contributed by atoms with Crippen LogP contribution in [0.4, 0.5) is 16.2 Å². The zero-order valence-corrected chi connectivity index (χ0v) is 21.9. The topological polar surface area (TPSA) is 96.5 Å². The fourth-order valence-corrected chi connectivity index (χ4v) is 5.24. The van der Waals surface area contributed by atoms with Crippen molar-refractivity contribution in [2.75, 3.05) is 17.2 Å². The van der Waals surface area contributed by atoms with Crippen LogP contribution in [0.2, 0.25) is 0 Å². The van der Waals surface area contributed by atoms with Crippen LogP contribution in [-0.2, 0) is 20.7 Å². The van der Waals surface area contributed by atoms with E-state index in [0.717, 1.165) is 34.3 Å². The number of carbonyl (C=O) groups is 3. The molecule has 186 valence electrons. The number of hydrogen-bond acceptors (Lipinski definition) is 4. The van der Waals surface area contributed by atoms with Crippen LogP contribution in [0.1, 0.15) is 45.6 Å². The lowest BCUT2D eigenvalue weighted by molar-refractivity contribution is -0.129. The van der Waals surface area contributed by atoms with E-state index in [4.69, 9.17) is 4.74 Å². The highest BCUT2D eigenvalue weighted by molar-refractivity contribution is 9.10. The van der Waals surface area contributed by atoms with Crippen LogP contribution in [0.15, 0.2) is 53.0 Å². The molecule has 2 aromatic carbocycles. The number of fused-ring (bicyclic) bond motifs is 1. The molecular formula is C27H32BrN3O4. The average Bonchev–Trinajstić information content (AvgIpc) is 3.33. The fourth-order valence-electron chi connectivity index (χ4n) is 4.98. The Kier molecular flexibility index (Phi) is 7.22. The van der Waals surface area contributed by atoms with E-state index in [1.165, 1.54) is 0 Å². The summed E-state index contributed by atoms with van der Waals surface area (Å²) in [5, 5.41) is 8.78. The van der Waals surface area contributed by atoms with Crippen molar-refractivity contribution in [1.29, 1.82) is 0 Å². The van der Waals surface area contributed by atoms with Crippen molar-refractivity contribution in [2.24, 2.45) is 17.3 Å². The zero-order valence-electron chi connectivity index (χ0n) is 20.3. The monoisotopic (exact) mass is 541 g/mol. The summed E-state index contributed by atoms with van der Waals surface area (Å²) in [6.45, 7) is 5.95. The van der Waals surface area contributed by atoms with Crippen LogP contribution in [0.3, 0.4) is 0 Å². The molecule has 3 fully saturated rings. The molecule has 1 atom stereocenters. The number of rotatable bonds is 7. The molecule has 0 heterocycles. The third-order valence-electron chi connectivity index (χ3n) is 6.71. The lowest BCUT2D eigenvalue weighted by Gasteiger charge is -2.36. The van der Waals surface area contributed by atoms with Crippen molar-refractivity contribution in [3.8, 4) is 0 Å². The lowest BCUT2D eigenvalue weighted by Crippen LogP contribution is -2.40. The van der Waals surface area contributed by atoms with Crippen molar-refractivity contribution >= 4 is 45.2 Å². The van der Waals surface area contributed by atoms with Gasteiger partial charge in [-0.25, -0.2) is 4.79 Å². The van der Waals surface area contributed by atoms with Gasteiger partial charge >= 0.3 is 6.09 Å². The molecule has 3 aliphatic rings. The molecule has 35 heavy (non-hydrogen) atoms. The number of nitrogens with one attached hydrogen (secondary N) is 3. The number of alkyl carbamates (subject to hydrolysis) is 1. The Morgan fingerprint density at radius 3 is 2.17 bits per heavy atom. The van der Waals surface area contributed by atoms with Gasteiger partial charge in [-0.05, 0) is 94.3 Å². The van der Waals surface area contributed by atoms with Crippen LogP contribution in [-0.4, -0.2) is 30.1 Å². The molecule has 0 aliphatic heterocycles. The third kappa shape index (κ3) is 6.23. The fraction of sp³-hybridized carbons (Fsp3) is 0.444. The maximum atomic E-state index is 13.1. The summed E-state index contributed by atoms with van der Waals surface area (Å²) in [6, 6.07) is 15.1. The normalized spacial score (nSPS) is 22.6. The highest BCUT2D eigenvalue weighted by Crippen LogP contribution is 2.62. The maximum absolute atomic E-state index is 13.1. The lowest BCUT2D eigenvalue weighted by atomic mass is 9.68. The van der Waals surface area contributed by atoms with Crippen LogP contribution >= 0.6 is 15.9 Å². The summed E-state index contributed by atoms with van der Waals surface area (Å²) in [5.74, 6) is 0.112. The molecule has 3 amide bonds. The van der Waals surface area contributed by atoms with Gasteiger partial charge in [-0.2, -0.15) is 0 Å². The second kappa shape index (κ2) is 10.0. The van der Waals surface area contributed by atoms with Gasteiger partial charge in [0.05, 0.1) is 5.41 Å². The first-order chi connectivity index (χ1) is 16.5. The highest BCUT2D eigenvalue weighted by Gasteiger charge is 2.62. The minimum atomic E-state index is -0.521. The second-order valence-corrected chi connectivity index (χ2v) is 11.5. The van der Waals surface area contributed by atoms with Gasteiger partial charge in [0.1, 0.15) is 5.60 Å². The van der Waals surface area contributed by atoms with Gasteiger partial charge in [0, 0.05) is 28.3 Å². The first-order valence-corrected chi connectivity index (χ1v) is 12.8. The maximum Gasteiger partial charge on any atom is 0.407 e. The minimum absolute atomic E-state index is 0.00570. The quantitative estimate of drug-likeness (QED) is 0.430. The Bertz CT molecular complexity index is 1090. The molecule has 2 aromatic rings. The standard InChI is InChI=1S/C27H32BrN3O4/c1-26(2,3)35-25(34)29-13-12-17-4-8-21(9-5-17)31-24(33)27-14-18(15-27)22(16-27)23(32)30-20-10-6-19(28)7-11-20/h4-11,18,22H,12-16H2,1-3H3,(H,29,34)(H,30,32)(H,31,33)/t18?,22-,27?/m1/s1. The van der Waals surface area contributed by atoms with Gasteiger partial charge in [0.25, 0.3) is 0 Å². The molecule has 3 aliphatic carbocycles. The Morgan fingerprint density at radius 1 is 0.943 bits per heavy atom. The van der Waals surface area contributed by atoms with Crippen LogP contribution in [0.5, 0.6) is 0 Å². The van der Waals surface area contributed by atoms with E-state index in [2.05, 4.69) is 31.9 Å². The van der Waals surface area contributed by atoms with Gasteiger partial charge in [0.2, 0.25) is 11.8 Å². The summed E-state index contributed by atoms with van der Waals surface area (Å²) in [5.41, 5.74) is 1.57. The van der Waals surface area contributed by atoms with Crippen molar-refractivity contribution in [3.63, 3.8) is 0 Å². The molecule has 0 radical (unpaired) electrons. The van der Waals surface area contributed by atoms with E-state index >= 15 is 0 Å². The summed E-state index contributed by atoms with van der Waals surface area (Å²) >= 11 is 3.40. The predicted octanol–water partition coefficient (Wildman–Crippen LogP) is 5.51. The molecule has 5 rings (SSSR count). The minimum Gasteiger partial charge on any atom is -0.444 e. The zero-order chi connectivity index (χ0) is 25.2. The SMILES string of the molecule is CC(C)(C)OC(=O)NCCc1ccc(NC(=O)C23CC(C2)[C@H](C(=O)Nc2ccc(Br)cc2)C3)cc1. The number of amides is 3. The molecular weight excluding hydrogens is 510 g/mol. The molecule has 8 heteroatoms. The summed E-state index contributed by atoms with van der Waals surface area (Å²) < 4.78 is 6.19. The second-order valence-electron chi connectivity index (χ2n) is 10.6. The number of carbonyl (C=O) groups excluding carboxylic acids is 3. The number of ether oxygens (including phenoxy) is 1. The van der Waals surface area contributed by atoms with Crippen LogP contribution in [0, 0.1) is 17.3 Å². The first kappa shape index (κ1) is 25.2. The summed E-state index contributed by atoms with van der Waals surface area (Å²) in [6.07, 6.45) is 2.33. The molecule has 7 nitrogen and oxygen atoms in total. The number of benzene rings is 2. The molecule has 3 N–H and O–H groups in total. The van der Waals surface area contributed by atoms with E-state index in [9.17, 15) is 14.4 Å². The van der Waals surface area contributed by atoms with E-state index in [1.807, 2.05) is 69.3 Å². The van der Waals surface area contributed by atoms with E-state index in [0.29, 0.717) is 19.4 Å². The van der Waals surface area contributed by atoms with Gasteiger partial charge in [-0.15, -0.1) is 0 Å². The molecule has 0 unspecified atom stereocenters. The van der Waals surface area contributed by atoms with Crippen molar-refractivity contribution in [2.45, 2.75) is 52.1 Å². The molecule has 0 aromatic heterocycles. The summed E-state index contributed by atoms with van der Waals surface area (Å²) in [7, 11) is 0. The Hall–Kier alpha value is -2.87. The number of halogens is 1. The molecule has 0 saturated heterocycles. The number of anilines is 2. The van der Waals surface area contributed by atoms with Gasteiger partial charge in [-0.1, -0.05) is 28.1 Å². The summed E-state index contributed by atoms with van der Waals surface area (Å²) in [4.78, 5) is 37.6. The predicted molar refractivity (Wildman–Crippen MR) is 139 cm³/mol. The first-order valence-electron chi connectivity index (χ1n) is 12.0. The van der Waals surface area contributed by atoms with Gasteiger partial charge < -0.3 is 20.7 Å². The van der Waals surface area contributed by atoms with Gasteiger partial charge in [0.15, 0.2) is 0 Å². The Morgan fingerprint density at radius 2 is 1.54 bits per heavy atom. The van der Waals surface area contributed by atoms with E-state index < -0.39 is 17.1 Å². The largest absolute Gasteiger partial charge is 0.444 e. The van der Waals surface area contributed by atoms with Crippen LogP contribution in [0.25, 0.3) is 0 Å². The highest BCUT2D eigenvalue weighted by atomic mass is 79.9. The van der Waals surface area contributed by atoms with E-state index in [1.54, 1.807) is 0 Å².